The van der Waals surface area contributed by atoms with Gasteiger partial charge in [0, 0.05) is 5.02 Å². The predicted octanol–water partition coefficient (Wildman–Crippen LogP) is 4.09. The second-order valence-electron chi connectivity index (χ2n) is 5.78. The molecule has 0 aliphatic carbocycles. The molecule has 1 heterocycles. The number of halogens is 1. The number of carboxylic acids is 1. The molecule has 1 aliphatic rings. The Balaban J connectivity index is 1.79. The number of carbonyl (C=O) groups is 2. The molecule has 2 aromatic carbocycles. The highest BCUT2D eigenvalue weighted by Crippen LogP contribution is 2.32. The van der Waals surface area contributed by atoms with Gasteiger partial charge in [-0.15, -0.1) is 0 Å². The highest BCUT2D eigenvalue weighted by atomic mass is 35.5. The maximum Gasteiger partial charge on any atom is 0.341 e. The Morgan fingerprint density at radius 3 is 2.66 bits per heavy atom. The van der Waals surface area contributed by atoms with Crippen LogP contribution < -0.4 is 14.8 Å². The van der Waals surface area contributed by atoms with Crippen LogP contribution in [0.4, 0.5) is 5.69 Å². The summed E-state index contributed by atoms with van der Waals surface area (Å²) >= 11 is 7.08. The Morgan fingerprint density at radius 1 is 1.21 bits per heavy atom. The van der Waals surface area contributed by atoms with Gasteiger partial charge in [0.15, 0.2) is 23.3 Å². The summed E-state index contributed by atoms with van der Waals surface area (Å²) in [6, 6.07) is 12.0. The smallest absolute Gasteiger partial charge is 0.341 e. The summed E-state index contributed by atoms with van der Waals surface area (Å²) in [5.41, 5.74) is 1.39. The fourth-order valence-electron chi connectivity index (χ4n) is 2.41. The zero-order valence-electron chi connectivity index (χ0n) is 15.3. The van der Waals surface area contributed by atoms with Gasteiger partial charge in [-0.1, -0.05) is 17.7 Å². The van der Waals surface area contributed by atoms with Gasteiger partial charge >= 0.3 is 5.97 Å². The fraction of sp³-hybridized carbons (Fsp3) is 0.150. The highest BCUT2D eigenvalue weighted by Gasteiger charge is 2.24. The average molecular weight is 433 g/mol. The molecule has 0 aromatic heterocycles. The molecular weight excluding hydrogens is 416 g/mol. The van der Waals surface area contributed by atoms with Crippen molar-refractivity contribution in [2.75, 3.05) is 13.2 Å². The maximum atomic E-state index is 12.3. The number of carboxylic acid groups (broad SMARTS) is 1. The molecular formula is C20H17ClN2O5S. The van der Waals surface area contributed by atoms with Crippen LogP contribution in [0.2, 0.25) is 5.02 Å². The van der Waals surface area contributed by atoms with E-state index in [1.807, 2.05) is 6.92 Å². The normalized spacial score (nSPS) is 16.1. The van der Waals surface area contributed by atoms with Crippen molar-refractivity contribution in [2.24, 2.45) is 4.99 Å². The first-order valence-corrected chi connectivity index (χ1v) is 9.80. The quantitative estimate of drug-likeness (QED) is 0.639. The van der Waals surface area contributed by atoms with Crippen LogP contribution in [0.3, 0.4) is 0 Å². The lowest BCUT2D eigenvalue weighted by Gasteiger charge is -2.11. The molecule has 1 saturated heterocycles. The number of carbonyl (C=O) groups excluding carboxylic acids is 1. The fourth-order valence-corrected chi connectivity index (χ4v) is 3.37. The first-order valence-electron chi connectivity index (χ1n) is 8.61. The van der Waals surface area contributed by atoms with Crippen LogP contribution in [-0.2, 0) is 9.59 Å². The summed E-state index contributed by atoms with van der Waals surface area (Å²) in [5, 5.41) is 12.6. The number of amidine groups is 1. The van der Waals surface area contributed by atoms with Crippen LogP contribution in [0.15, 0.2) is 52.4 Å². The highest BCUT2D eigenvalue weighted by molar-refractivity contribution is 8.18. The van der Waals surface area contributed by atoms with E-state index in [0.29, 0.717) is 44.5 Å². The minimum atomic E-state index is -1.08. The molecule has 0 atom stereocenters. The molecule has 7 nitrogen and oxygen atoms in total. The minimum Gasteiger partial charge on any atom is -0.490 e. The second-order valence-corrected chi connectivity index (χ2v) is 7.25. The molecule has 150 valence electrons. The number of nitrogens with zero attached hydrogens (tertiary/aromatic N) is 1. The van der Waals surface area contributed by atoms with Crippen molar-refractivity contribution < 1.29 is 24.2 Å². The lowest BCUT2D eigenvalue weighted by Crippen LogP contribution is -2.19. The first-order chi connectivity index (χ1) is 13.9. The molecule has 0 radical (unpaired) electrons. The van der Waals surface area contributed by atoms with Gasteiger partial charge in [0.2, 0.25) is 0 Å². The van der Waals surface area contributed by atoms with Gasteiger partial charge in [0.25, 0.3) is 5.91 Å². The number of rotatable bonds is 7. The van der Waals surface area contributed by atoms with Crippen molar-refractivity contribution in [2.45, 2.75) is 6.92 Å². The molecule has 0 bridgehead atoms. The van der Waals surface area contributed by atoms with E-state index in [-0.39, 0.29) is 5.91 Å². The summed E-state index contributed by atoms with van der Waals surface area (Å²) in [4.78, 5) is 27.8. The van der Waals surface area contributed by atoms with Gasteiger partial charge in [-0.05, 0) is 66.7 Å². The van der Waals surface area contributed by atoms with Gasteiger partial charge in [-0.3, -0.25) is 4.79 Å². The summed E-state index contributed by atoms with van der Waals surface area (Å²) in [6.45, 7) is 1.73. The van der Waals surface area contributed by atoms with E-state index >= 15 is 0 Å². The molecule has 0 saturated carbocycles. The topological polar surface area (TPSA) is 97.2 Å². The zero-order chi connectivity index (χ0) is 20.8. The third kappa shape index (κ3) is 5.75. The molecule has 2 N–H and O–H groups in total. The summed E-state index contributed by atoms with van der Waals surface area (Å²) < 4.78 is 10.8. The minimum absolute atomic E-state index is 0.258. The van der Waals surface area contributed by atoms with Crippen molar-refractivity contribution in [3.05, 3.63) is 58.0 Å². The molecule has 1 amide bonds. The van der Waals surface area contributed by atoms with Crippen LogP contribution in [0.1, 0.15) is 12.5 Å². The van der Waals surface area contributed by atoms with Crippen molar-refractivity contribution in [1.29, 1.82) is 0 Å². The third-order valence-corrected chi connectivity index (χ3v) is 4.79. The van der Waals surface area contributed by atoms with Crippen LogP contribution >= 0.6 is 23.4 Å². The molecule has 1 aliphatic heterocycles. The summed E-state index contributed by atoms with van der Waals surface area (Å²) in [7, 11) is 0. The number of amides is 1. The molecule has 9 heteroatoms. The summed E-state index contributed by atoms with van der Waals surface area (Å²) in [5.74, 6) is -0.608. The predicted molar refractivity (Wildman–Crippen MR) is 113 cm³/mol. The maximum absolute atomic E-state index is 12.3. The Hall–Kier alpha value is -2.97. The van der Waals surface area contributed by atoms with E-state index < -0.39 is 12.6 Å². The van der Waals surface area contributed by atoms with Crippen LogP contribution in [0.25, 0.3) is 6.08 Å². The van der Waals surface area contributed by atoms with E-state index in [0.717, 1.165) is 0 Å². The third-order valence-electron chi connectivity index (χ3n) is 3.62. The Kier molecular flexibility index (Phi) is 6.79. The number of hydrogen-bond acceptors (Lipinski definition) is 6. The number of benzene rings is 2. The van der Waals surface area contributed by atoms with Gasteiger partial charge in [-0.25, -0.2) is 9.79 Å². The lowest BCUT2D eigenvalue weighted by atomic mass is 10.2. The van der Waals surface area contributed by atoms with Crippen LogP contribution in [0.5, 0.6) is 11.5 Å². The van der Waals surface area contributed by atoms with Gasteiger partial charge in [-0.2, -0.15) is 0 Å². The second kappa shape index (κ2) is 9.49. The first kappa shape index (κ1) is 20.8. The van der Waals surface area contributed by atoms with Gasteiger partial charge in [0.05, 0.1) is 17.2 Å². The largest absolute Gasteiger partial charge is 0.490 e. The Labute approximate surface area is 176 Å². The number of aliphatic carboxylic acids is 1. The molecule has 1 fully saturated rings. The van der Waals surface area contributed by atoms with E-state index in [2.05, 4.69) is 10.3 Å². The van der Waals surface area contributed by atoms with Crippen LogP contribution in [-0.4, -0.2) is 35.4 Å². The lowest BCUT2D eigenvalue weighted by molar-refractivity contribution is -0.139. The molecule has 29 heavy (non-hydrogen) atoms. The van der Waals surface area contributed by atoms with Gasteiger partial charge < -0.3 is 19.9 Å². The van der Waals surface area contributed by atoms with Crippen molar-refractivity contribution in [3.8, 4) is 11.5 Å². The Morgan fingerprint density at radius 2 is 1.97 bits per heavy atom. The SMILES string of the molecule is CCOc1cc(/C=C2/SC(=Nc3ccc(Cl)cc3)NC2=O)ccc1OCC(=O)O. The molecule has 0 unspecified atom stereocenters. The zero-order valence-corrected chi connectivity index (χ0v) is 16.9. The number of nitrogens with one attached hydrogen (secondary N) is 1. The number of aliphatic imine (C=N–C) groups is 1. The van der Waals surface area contributed by atoms with E-state index in [1.54, 1.807) is 48.5 Å². The average Bonchev–Trinajstić information content (AvgIpc) is 3.02. The number of thioether (sulfide) groups is 1. The Bertz CT molecular complexity index is 989. The van der Waals surface area contributed by atoms with Crippen molar-refractivity contribution in [3.63, 3.8) is 0 Å². The van der Waals surface area contributed by atoms with E-state index in [4.69, 9.17) is 26.2 Å². The molecule has 0 spiro atoms. The number of ether oxygens (including phenoxy) is 2. The van der Waals surface area contributed by atoms with Crippen molar-refractivity contribution >= 4 is 52.2 Å². The monoisotopic (exact) mass is 432 g/mol. The summed E-state index contributed by atoms with van der Waals surface area (Å²) in [6.07, 6.45) is 1.70. The van der Waals surface area contributed by atoms with E-state index in [1.165, 1.54) is 11.8 Å². The van der Waals surface area contributed by atoms with E-state index in [9.17, 15) is 9.59 Å². The molecule has 2 aromatic rings. The standard InChI is InChI=1S/C20H17ClN2O5S/c1-2-27-16-9-12(3-8-15(16)28-11-18(24)25)10-17-19(26)23-20(29-17)22-14-6-4-13(21)5-7-14/h3-10H,2,11H2,1H3,(H,24,25)(H,22,23,26)/b17-10+. The van der Waals surface area contributed by atoms with Crippen molar-refractivity contribution in [1.82, 2.24) is 5.32 Å². The van der Waals surface area contributed by atoms with Crippen LogP contribution in [0, 0.1) is 0 Å². The molecule has 3 rings (SSSR count). The number of hydrogen-bond donors (Lipinski definition) is 2. The van der Waals surface area contributed by atoms with Gasteiger partial charge in [0.1, 0.15) is 0 Å².